The van der Waals surface area contributed by atoms with Gasteiger partial charge >= 0.3 is 5.97 Å². The molecule has 0 radical (unpaired) electrons. The van der Waals surface area contributed by atoms with Gasteiger partial charge in [0.05, 0.1) is 22.1 Å². The number of hydrogen-bond donors (Lipinski definition) is 3. The molecule has 11 nitrogen and oxygen atoms in total. The number of hydrogen-bond acceptors (Lipinski definition) is 9. The van der Waals surface area contributed by atoms with Crippen molar-refractivity contribution in [3.63, 3.8) is 0 Å². The summed E-state index contributed by atoms with van der Waals surface area (Å²) in [6.07, 6.45) is 8.13. The van der Waals surface area contributed by atoms with Crippen LogP contribution in [0.25, 0.3) is 22.6 Å². The Labute approximate surface area is 235 Å². The third-order valence-corrected chi connectivity index (χ3v) is 9.29. The number of fused-ring (bicyclic) bond motifs is 2. The Bertz CT molecular complexity index is 1640. The normalized spacial score (nSPS) is 19.6. The fourth-order valence-corrected chi connectivity index (χ4v) is 6.76. The van der Waals surface area contributed by atoms with E-state index < -0.39 is 16.8 Å². The van der Waals surface area contributed by atoms with E-state index in [0.717, 1.165) is 17.6 Å². The Hall–Kier alpha value is -3.93. The highest BCUT2D eigenvalue weighted by atomic mass is 32.1. The second-order valence-corrected chi connectivity index (χ2v) is 12.5. The van der Waals surface area contributed by atoms with Gasteiger partial charge < -0.3 is 16.2 Å². The molecule has 0 bridgehead atoms. The highest BCUT2D eigenvalue weighted by Crippen LogP contribution is 2.46. The molecule has 5 heterocycles. The van der Waals surface area contributed by atoms with Crippen molar-refractivity contribution in [3.05, 3.63) is 40.0 Å². The van der Waals surface area contributed by atoms with E-state index in [1.807, 2.05) is 16.8 Å². The molecular weight excluding hydrogens is 528 g/mol. The van der Waals surface area contributed by atoms with Gasteiger partial charge in [-0.3, -0.25) is 9.59 Å². The molecule has 12 heteroatoms. The Morgan fingerprint density at radius 1 is 1.25 bits per heavy atom. The van der Waals surface area contributed by atoms with Gasteiger partial charge in [0.25, 0.3) is 0 Å². The van der Waals surface area contributed by atoms with E-state index >= 15 is 0 Å². The Balaban J connectivity index is 1.37. The van der Waals surface area contributed by atoms with Crippen molar-refractivity contribution >= 4 is 45.9 Å². The van der Waals surface area contributed by atoms with Crippen molar-refractivity contribution in [2.45, 2.75) is 71.3 Å². The van der Waals surface area contributed by atoms with Gasteiger partial charge in [0, 0.05) is 24.5 Å². The van der Waals surface area contributed by atoms with Crippen LogP contribution in [0, 0.1) is 11.3 Å². The highest BCUT2D eigenvalue weighted by molar-refractivity contribution is 7.10. The minimum absolute atomic E-state index is 0.169. The van der Waals surface area contributed by atoms with Gasteiger partial charge in [-0.2, -0.15) is 5.10 Å². The van der Waals surface area contributed by atoms with Gasteiger partial charge in [0.1, 0.15) is 27.8 Å². The summed E-state index contributed by atoms with van der Waals surface area (Å²) < 4.78 is 1.95. The molecule has 1 unspecified atom stereocenters. The predicted molar refractivity (Wildman–Crippen MR) is 152 cm³/mol. The maximum absolute atomic E-state index is 13.4. The summed E-state index contributed by atoms with van der Waals surface area (Å²) in [6.45, 7) is 5.83. The lowest BCUT2D eigenvalue weighted by Gasteiger charge is -2.21. The van der Waals surface area contributed by atoms with Gasteiger partial charge in [-0.25, -0.2) is 24.6 Å². The summed E-state index contributed by atoms with van der Waals surface area (Å²) in [5, 5.41) is 20.4. The Kier molecular flexibility index (Phi) is 6.32. The first-order valence-corrected chi connectivity index (χ1v) is 14.5. The lowest BCUT2D eigenvalue weighted by Crippen LogP contribution is -2.33. The number of rotatable bonds is 7. The summed E-state index contributed by atoms with van der Waals surface area (Å²) >= 11 is 1.30. The molecular formula is C28H32N8O3S. The highest BCUT2D eigenvalue weighted by Gasteiger charge is 2.50. The monoisotopic (exact) mass is 560 g/mol. The van der Waals surface area contributed by atoms with Crippen LogP contribution in [-0.2, 0) is 28.0 Å². The zero-order valence-corrected chi connectivity index (χ0v) is 23.6. The van der Waals surface area contributed by atoms with E-state index in [-0.39, 0.29) is 18.1 Å². The van der Waals surface area contributed by atoms with Crippen LogP contribution in [0.2, 0.25) is 0 Å². The second kappa shape index (κ2) is 9.61. The Morgan fingerprint density at radius 2 is 2.02 bits per heavy atom. The number of carboxylic acids is 1. The second-order valence-electron chi connectivity index (χ2n) is 11.7. The number of pyridine rings is 1. The van der Waals surface area contributed by atoms with Crippen LogP contribution in [-0.4, -0.2) is 46.7 Å². The topological polar surface area (TPSA) is 162 Å². The van der Waals surface area contributed by atoms with Crippen molar-refractivity contribution < 1.29 is 14.7 Å². The average molecular weight is 561 g/mol. The number of carboxylic acid groups (broad SMARTS) is 1. The molecule has 40 heavy (non-hydrogen) atoms. The van der Waals surface area contributed by atoms with E-state index in [0.29, 0.717) is 39.5 Å². The van der Waals surface area contributed by atoms with Crippen LogP contribution in [0.1, 0.15) is 69.1 Å². The summed E-state index contributed by atoms with van der Waals surface area (Å²) in [7, 11) is 0. The first kappa shape index (κ1) is 26.3. The lowest BCUT2D eigenvalue weighted by atomic mass is 9.85. The van der Waals surface area contributed by atoms with Gasteiger partial charge in [-0.1, -0.05) is 19.3 Å². The van der Waals surface area contributed by atoms with E-state index in [1.54, 1.807) is 32.3 Å². The van der Waals surface area contributed by atoms with E-state index in [1.165, 1.54) is 43.4 Å². The van der Waals surface area contributed by atoms with Crippen LogP contribution in [0.5, 0.6) is 0 Å². The maximum Gasteiger partial charge on any atom is 0.309 e. The molecule has 6 rings (SSSR count). The van der Waals surface area contributed by atoms with Gasteiger partial charge in [-0.15, -0.1) is 11.3 Å². The third kappa shape index (κ3) is 4.30. The molecule has 1 amide bonds. The van der Waals surface area contributed by atoms with Crippen LogP contribution in [0.4, 0.5) is 11.6 Å². The summed E-state index contributed by atoms with van der Waals surface area (Å²) in [4.78, 5) is 43.6. The van der Waals surface area contributed by atoms with Crippen molar-refractivity contribution in [2.75, 3.05) is 11.1 Å². The van der Waals surface area contributed by atoms with E-state index in [2.05, 4.69) is 20.3 Å². The minimum atomic E-state index is -1.21. The minimum Gasteiger partial charge on any atom is -0.481 e. The zero-order valence-electron chi connectivity index (χ0n) is 22.8. The van der Waals surface area contributed by atoms with Crippen LogP contribution < -0.4 is 11.1 Å². The third-order valence-electron chi connectivity index (χ3n) is 8.18. The molecule has 0 saturated heterocycles. The number of thiazole rings is 1. The molecule has 208 valence electrons. The van der Waals surface area contributed by atoms with Crippen LogP contribution in [0.15, 0.2) is 23.7 Å². The molecule has 0 aromatic carbocycles. The van der Waals surface area contributed by atoms with E-state index in [9.17, 15) is 14.7 Å². The van der Waals surface area contributed by atoms with Crippen molar-refractivity contribution in [1.82, 2.24) is 29.7 Å². The number of aromatic nitrogens is 6. The average Bonchev–Trinajstić information content (AvgIpc) is 3.60. The number of amides is 1. The molecule has 1 saturated carbocycles. The number of aliphatic carboxylic acids is 1. The number of anilines is 2. The molecule has 1 atom stereocenters. The number of nitrogens with two attached hydrogens (primary N) is 1. The number of carbonyl (C=O) groups excluding carboxylic acids is 1. The number of carbonyl (C=O) groups is 2. The molecule has 1 aliphatic heterocycles. The summed E-state index contributed by atoms with van der Waals surface area (Å²) in [6, 6.07) is 3.81. The van der Waals surface area contributed by atoms with Gasteiger partial charge in [0.15, 0.2) is 11.5 Å². The molecule has 1 aliphatic carbocycles. The maximum atomic E-state index is 13.4. The fourth-order valence-electron chi connectivity index (χ4n) is 5.78. The molecule has 4 aromatic rings. The standard InChI is InChI=1S/C28H32N8O3S/c1-27(2,26(38)39)12-16-14-40-25(31-16)28(3)18-20(29)32-22(33-21(18)34-24(28)37)19-17-10-7-11-30-23(17)36(35-19)13-15-8-5-4-6-9-15/h7,10-11,14-15H,4-6,8-9,12-13H2,1-3H3,(H,38,39)(H3,29,32,33,34,37). The summed E-state index contributed by atoms with van der Waals surface area (Å²) in [5.74, 6) is 0.157. The smallest absolute Gasteiger partial charge is 0.309 e. The quantitative estimate of drug-likeness (QED) is 0.297. The van der Waals surface area contributed by atoms with Gasteiger partial charge in [-0.05, 0) is 51.7 Å². The zero-order chi connectivity index (χ0) is 28.2. The van der Waals surface area contributed by atoms with Crippen LogP contribution >= 0.6 is 11.3 Å². The van der Waals surface area contributed by atoms with Crippen LogP contribution in [0.3, 0.4) is 0 Å². The first-order chi connectivity index (χ1) is 19.1. The Morgan fingerprint density at radius 3 is 2.77 bits per heavy atom. The molecule has 4 N–H and O–H groups in total. The first-order valence-electron chi connectivity index (χ1n) is 13.6. The predicted octanol–water partition coefficient (Wildman–Crippen LogP) is 4.42. The molecule has 1 fully saturated rings. The molecule has 4 aromatic heterocycles. The van der Waals surface area contributed by atoms with Crippen molar-refractivity contribution in [3.8, 4) is 11.5 Å². The van der Waals surface area contributed by atoms with E-state index in [4.69, 9.17) is 15.8 Å². The lowest BCUT2D eigenvalue weighted by molar-refractivity contribution is -0.146. The summed E-state index contributed by atoms with van der Waals surface area (Å²) in [5.41, 5.74) is 6.76. The number of nitrogen functional groups attached to an aromatic ring is 1. The van der Waals surface area contributed by atoms with Crippen molar-refractivity contribution in [2.24, 2.45) is 11.3 Å². The fraction of sp³-hybridized carbons (Fsp3) is 0.464. The number of nitrogens with one attached hydrogen (secondary N) is 1. The molecule has 0 spiro atoms. The SMILES string of the molecule is CC(C)(Cc1csc(C2(C)C(=O)Nc3nc(-c4nn(CC5CCCCC5)c5ncccc45)nc(N)c32)n1)C(=O)O. The number of nitrogens with zero attached hydrogens (tertiary/aromatic N) is 6. The van der Waals surface area contributed by atoms with Crippen molar-refractivity contribution in [1.29, 1.82) is 0 Å². The molecule has 2 aliphatic rings. The van der Waals surface area contributed by atoms with Gasteiger partial charge in [0.2, 0.25) is 5.91 Å². The largest absolute Gasteiger partial charge is 0.481 e.